The molecule has 0 amide bonds. The van der Waals surface area contributed by atoms with Gasteiger partial charge in [0.15, 0.2) is 5.96 Å². The maximum absolute atomic E-state index is 11.1. The average Bonchev–Trinajstić information content (AvgIpc) is 2.80. The predicted octanol–water partition coefficient (Wildman–Crippen LogP) is 0.798. The Morgan fingerprint density at radius 2 is 2.18 bits per heavy atom. The number of rotatable bonds is 7. The Labute approximate surface area is 149 Å². The fourth-order valence-electron chi connectivity index (χ4n) is 1.77. The standard InChI is InChI=1S/C13H25N5O2S.HI/c1-11-9-16-18(10-11)7-6-15-13(14-3)17-12(2)5-8-21(4,19)20;/h9-10,12H,5-8H2,1-4H3,(H2,14,15,17);1H. The maximum Gasteiger partial charge on any atom is 0.191 e. The van der Waals surface area contributed by atoms with Crippen molar-refractivity contribution in [3.8, 4) is 0 Å². The van der Waals surface area contributed by atoms with Crippen LogP contribution in [0.3, 0.4) is 0 Å². The molecule has 0 bridgehead atoms. The Balaban J connectivity index is 0.00000441. The van der Waals surface area contributed by atoms with Gasteiger partial charge in [-0.25, -0.2) is 8.42 Å². The van der Waals surface area contributed by atoms with Crippen molar-refractivity contribution in [2.75, 3.05) is 25.6 Å². The van der Waals surface area contributed by atoms with Crippen molar-refractivity contribution >= 4 is 39.8 Å². The van der Waals surface area contributed by atoms with Crippen molar-refractivity contribution in [2.24, 2.45) is 4.99 Å². The van der Waals surface area contributed by atoms with E-state index in [1.165, 1.54) is 6.26 Å². The van der Waals surface area contributed by atoms with Gasteiger partial charge in [-0.2, -0.15) is 5.10 Å². The van der Waals surface area contributed by atoms with E-state index in [1.54, 1.807) is 7.05 Å². The van der Waals surface area contributed by atoms with E-state index in [2.05, 4.69) is 20.7 Å². The number of guanidine groups is 1. The molecule has 1 atom stereocenters. The van der Waals surface area contributed by atoms with Gasteiger partial charge in [-0.1, -0.05) is 0 Å². The molecule has 1 unspecified atom stereocenters. The molecule has 128 valence electrons. The van der Waals surface area contributed by atoms with Crippen molar-refractivity contribution in [3.63, 3.8) is 0 Å². The molecule has 2 N–H and O–H groups in total. The van der Waals surface area contributed by atoms with Crippen LogP contribution in [-0.4, -0.2) is 55.8 Å². The third-order valence-corrected chi connectivity index (χ3v) is 3.90. The lowest BCUT2D eigenvalue weighted by atomic mass is 10.3. The van der Waals surface area contributed by atoms with E-state index in [9.17, 15) is 8.42 Å². The summed E-state index contributed by atoms with van der Waals surface area (Å²) in [5.41, 5.74) is 1.13. The maximum atomic E-state index is 11.1. The molecule has 0 aliphatic heterocycles. The number of aliphatic imine (C=N–C) groups is 1. The summed E-state index contributed by atoms with van der Waals surface area (Å²) >= 11 is 0. The Morgan fingerprint density at radius 1 is 1.50 bits per heavy atom. The van der Waals surface area contributed by atoms with Crippen LogP contribution in [0.4, 0.5) is 0 Å². The van der Waals surface area contributed by atoms with Gasteiger partial charge in [0.25, 0.3) is 0 Å². The van der Waals surface area contributed by atoms with E-state index in [-0.39, 0.29) is 35.8 Å². The first-order valence-corrected chi connectivity index (χ1v) is 9.00. The zero-order valence-electron chi connectivity index (χ0n) is 13.5. The summed E-state index contributed by atoms with van der Waals surface area (Å²) in [6.07, 6.45) is 5.60. The fourth-order valence-corrected chi connectivity index (χ4v) is 2.55. The summed E-state index contributed by atoms with van der Waals surface area (Å²) in [5, 5.41) is 10.6. The number of hydrogen-bond donors (Lipinski definition) is 2. The summed E-state index contributed by atoms with van der Waals surface area (Å²) in [4.78, 5) is 4.12. The lowest BCUT2D eigenvalue weighted by Crippen LogP contribution is -2.43. The summed E-state index contributed by atoms with van der Waals surface area (Å²) in [7, 11) is -1.23. The minimum absolute atomic E-state index is 0. The molecule has 1 heterocycles. The molecular formula is C13H26IN5O2S. The van der Waals surface area contributed by atoms with Gasteiger partial charge in [0.2, 0.25) is 0 Å². The molecule has 0 saturated carbocycles. The first kappa shape index (κ1) is 21.2. The molecule has 0 aromatic carbocycles. The summed E-state index contributed by atoms with van der Waals surface area (Å²) in [6.45, 7) is 5.38. The van der Waals surface area contributed by atoms with Crippen LogP contribution < -0.4 is 10.6 Å². The number of hydrogen-bond acceptors (Lipinski definition) is 4. The molecular weight excluding hydrogens is 417 g/mol. The second-order valence-electron chi connectivity index (χ2n) is 5.24. The van der Waals surface area contributed by atoms with Crippen molar-refractivity contribution in [2.45, 2.75) is 32.9 Å². The molecule has 1 aromatic heterocycles. The van der Waals surface area contributed by atoms with E-state index in [4.69, 9.17) is 0 Å². The molecule has 1 aromatic rings. The van der Waals surface area contributed by atoms with Crippen LogP contribution in [0.5, 0.6) is 0 Å². The predicted molar refractivity (Wildman–Crippen MR) is 101 cm³/mol. The van der Waals surface area contributed by atoms with Crippen molar-refractivity contribution in [3.05, 3.63) is 18.0 Å². The highest BCUT2D eigenvalue weighted by atomic mass is 127. The van der Waals surface area contributed by atoms with Crippen LogP contribution in [0.25, 0.3) is 0 Å². The minimum Gasteiger partial charge on any atom is -0.355 e. The average molecular weight is 443 g/mol. The van der Waals surface area contributed by atoms with Gasteiger partial charge in [-0.05, 0) is 25.8 Å². The second-order valence-corrected chi connectivity index (χ2v) is 7.50. The molecule has 22 heavy (non-hydrogen) atoms. The highest BCUT2D eigenvalue weighted by molar-refractivity contribution is 14.0. The lowest BCUT2D eigenvalue weighted by Gasteiger charge is -2.17. The fraction of sp³-hybridized carbons (Fsp3) is 0.692. The molecule has 9 heteroatoms. The van der Waals surface area contributed by atoms with Crippen LogP contribution in [0.15, 0.2) is 17.4 Å². The quantitative estimate of drug-likeness (QED) is 0.370. The van der Waals surface area contributed by atoms with Gasteiger partial charge in [-0.15, -0.1) is 24.0 Å². The molecule has 0 aliphatic rings. The molecule has 1 rings (SSSR count). The van der Waals surface area contributed by atoms with Gasteiger partial charge in [0.05, 0.1) is 18.5 Å². The van der Waals surface area contributed by atoms with Crippen LogP contribution in [-0.2, 0) is 16.4 Å². The van der Waals surface area contributed by atoms with Crippen LogP contribution in [0.1, 0.15) is 18.9 Å². The number of sulfone groups is 1. The van der Waals surface area contributed by atoms with Crippen molar-refractivity contribution < 1.29 is 8.42 Å². The van der Waals surface area contributed by atoms with Crippen molar-refractivity contribution in [1.82, 2.24) is 20.4 Å². The van der Waals surface area contributed by atoms with Gasteiger partial charge in [0, 0.05) is 32.1 Å². The van der Waals surface area contributed by atoms with Gasteiger partial charge >= 0.3 is 0 Å². The second kappa shape index (κ2) is 10.0. The number of halogens is 1. The molecule has 0 aliphatic carbocycles. The summed E-state index contributed by atoms with van der Waals surface area (Å²) in [5.74, 6) is 0.838. The van der Waals surface area contributed by atoms with Crippen LogP contribution in [0.2, 0.25) is 0 Å². The number of aromatic nitrogens is 2. The monoisotopic (exact) mass is 443 g/mol. The molecule has 0 saturated heterocycles. The van der Waals surface area contributed by atoms with Crippen molar-refractivity contribution in [1.29, 1.82) is 0 Å². The Morgan fingerprint density at radius 3 is 2.68 bits per heavy atom. The van der Waals surface area contributed by atoms with E-state index in [0.29, 0.717) is 18.9 Å². The Kier molecular flexibility index (Phi) is 9.65. The Hall–Kier alpha value is -0.840. The first-order valence-electron chi connectivity index (χ1n) is 6.94. The third kappa shape index (κ3) is 9.23. The van der Waals surface area contributed by atoms with Gasteiger partial charge in [0.1, 0.15) is 9.84 Å². The molecule has 0 radical (unpaired) electrons. The SMILES string of the molecule is CN=C(NCCn1cc(C)cn1)NC(C)CCS(C)(=O)=O.I. The Bertz CT molecular complexity index is 571. The number of aryl methyl sites for hydroxylation is 1. The van der Waals surface area contributed by atoms with Gasteiger partial charge < -0.3 is 10.6 Å². The highest BCUT2D eigenvalue weighted by Crippen LogP contribution is 1.96. The highest BCUT2D eigenvalue weighted by Gasteiger charge is 2.09. The largest absolute Gasteiger partial charge is 0.355 e. The molecule has 0 spiro atoms. The first-order chi connectivity index (χ1) is 9.80. The van der Waals surface area contributed by atoms with E-state index < -0.39 is 9.84 Å². The summed E-state index contributed by atoms with van der Waals surface area (Å²) in [6, 6.07) is 0.0397. The van der Waals surface area contributed by atoms with Crippen LogP contribution >= 0.6 is 24.0 Å². The third-order valence-electron chi connectivity index (χ3n) is 2.92. The molecule has 7 nitrogen and oxygen atoms in total. The normalized spacial score (nSPS) is 13.4. The van der Waals surface area contributed by atoms with Crippen LogP contribution in [0, 0.1) is 6.92 Å². The smallest absolute Gasteiger partial charge is 0.191 e. The topological polar surface area (TPSA) is 88.4 Å². The minimum atomic E-state index is -2.92. The van der Waals surface area contributed by atoms with E-state index >= 15 is 0 Å². The zero-order valence-corrected chi connectivity index (χ0v) is 16.7. The van der Waals surface area contributed by atoms with E-state index in [1.807, 2.05) is 30.9 Å². The van der Waals surface area contributed by atoms with Gasteiger partial charge in [-0.3, -0.25) is 9.67 Å². The number of nitrogens with zero attached hydrogens (tertiary/aromatic N) is 3. The zero-order chi connectivity index (χ0) is 15.9. The molecule has 0 fully saturated rings. The lowest BCUT2D eigenvalue weighted by molar-refractivity contribution is 0.571. The van der Waals surface area contributed by atoms with E-state index in [0.717, 1.165) is 12.1 Å². The summed E-state index contributed by atoms with van der Waals surface area (Å²) < 4.78 is 24.1. The number of nitrogens with one attached hydrogen (secondary N) is 2.